The van der Waals surface area contributed by atoms with Gasteiger partial charge in [0.25, 0.3) is 0 Å². The number of aryl methyl sites for hydroxylation is 1. The van der Waals surface area contributed by atoms with E-state index in [2.05, 4.69) is 21.5 Å². The van der Waals surface area contributed by atoms with Gasteiger partial charge in [0.1, 0.15) is 6.61 Å². The zero-order valence-corrected chi connectivity index (χ0v) is 12.3. The van der Waals surface area contributed by atoms with Gasteiger partial charge in [-0.05, 0) is 25.1 Å². The van der Waals surface area contributed by atoms with Crippen LogP contribution in [-0.2, 0) is 10.9 Å². The lowest BCUT2D eigenvalue weighted by molar-refractivity contribution is -0.140. The largest absolute Gasteiger partial charge is 0.477 e. The highest BCUT2D eigenvalue weighted by Gasteiger charge is 2.39. The normalized spacial score (nSPS) is 15.0. The lowest BCUT2D eigenvalue weighted by Crippen LogP contribution is -2.23. The van der Waals surface area contributed by atoms with E-state index in [1.807, 2.05) is 0 Å². The van der Waals surface area contributed by atoms with Crippen LogP contribution in [0.4, 0.5) is 18.9 Å². The quantitative estimate of drug-likeness (QED) is 0.850. The molecule has 2 aromatic heterocycles. The fourth-order valence-electron chi connectivity index (χ4n) is 2.31. The summed E-state index contributed by atoms with van der Waals surface area (Å²) >= 11 is 0. The van der Waals surface area contributed by atoms with Crippen molar-refractivity contribution in [3.05, 3.63) is 48.4 Å². The molecule has 0 aromatic carbocycles. The van der Waals surface area contributed by atoms with Crippen molar-refractivity contribution in [3.63, 3.8) is 0 Å². The number of alkyl halides is 3. The zero-order chi connectivity index (χ0) is 16.6. The van der Waals surface area contributed by atoms with Crippen LogP contribution in [0.5, 0.6) is 0 Å². The van der Waals surface area contributed by atoms with Crippen molar-refractivity contribution in [1.29, 1.82) is 0 Å². The fraction of sp³-hybridized carbons (Fsp3) is 0.267. The molecule has 120 valence electrons. The maximum atomic E-state index is 13.4. The topological polar surface area (TPSA) is 51.1 Å². The molecule has 8 heteroatoms. The zero-order valence-electron chi connectivity index (χ0n) is 12.3. The monoisotopic (exact) mass is 322 g/mol. The van der Waals surface area contributed by atoms with Gasteiger partial charge >= 0.3 is 6.18 Å². The number of aromatic nitrogens is 3. The summed E-state index contributed by atoms with van der Waals surface area (Å²) in [5.41, 5.74) is 0.0589. The maximum Gasteiger partial charge on any atom is 0.435 e. The number of rotatable bonds is 2. The van der Waals surface area contributed by atoms with Crippen molar-refractivity contribution < 1.29 is 17.9 Å². The van der Waals surface area contributed by atoms with Gasteiger partial charge < -0.3 is 9.64 Å². The molecule has 5 nitrogen and oxygen atoms in total. The summed E-state index contributed by atoms with van der Waals surface area (Å²) in [4.78, 5) is 13.1. The molecule has 23 heavy (non-hydrogen) atoms. The highest BCUT2D eigenvalue weighted by Crippen LogP contribution is 2.37. The van der Waals surface area contributed by atoms with Gasteiger partial charge in [-0.1, -0.05) is 0 Å². The first-order chi connectivity index (χ1) is 10.9. The van der Waals surface area contributed by atoms with Crippen LogP contribution in [0.25, 0.3) is 11.4 Å². The molecule has 0 unspecified atom stereocenters. The van der Waals surface area contributed by atoms with Crippen LogP contribution in [-0.4, -0.2) is 28.1 Å². The second-order valence-electron chi connectivity index (χ2n) is 5.07. The van der Waals surface area contributed by atoms with E-state index >= 15 is 0 Å². The Kier molecular flexibility index (Phi) is 3.67. The van der Waals surface area contributed by atoms with Crippen LogP contribution in [0.2, 0.25) is 0 Å². The van der Waals surface area contributed by atoms with E-state index in [4.69, 9.17) is 4.74 Å². The highest BCUT2D eigenvalue weighted by atomic mass is 19.4. The Morgan fingerprint density at radius 1 is 1.26 bits per heavy atom. The Labute approximate surface area is 130 Å². The van der Waals surface area contributed by atoms with E-state index in [1.54, 1.807) is 19.2 Å². The molecule has 0 amide bonds. The van der Waals surface area contributed by atoms with Crippen molar-refractivity contribution in [2.24, 2.45) is 0 Å². The second kappa shape index (κ2) is 5.53. The number of pyridine rings is 1. The summed E-state index contributed by atoms with van der Waals surface area (Å²) in [6.45, 7) is 5.94. The maximum absolute atomic E-state index is 13.4. The van der Waals surface area contributed by atoms with Gasteiger partial charge in [-0.15, -0.1) is 0 Å². The fourth-order valence-corrected chi connectivity index (χ4v) is 2.31. The minimum atomic E-state index is -4.62. The van der Waals surface area contributed by atoms with Crippen LogP contribution >= 0.6 is 0 Å². The molecule has 0 N–H and O–H groups in total. The molecule has 1 aliphatic rings. The average molecular weight is 322 g/mol. The van der Waals surface area contributed by atoms with Gasteiger partial charge in [0, 0.05) is 18.0 Å². The van der Waals surface area contributed by atoms with Crippen molar-refractivity contribution >= 4 is 5.69 Å². The predicted octanol–water partition coefficient (Wildman–Crippen LogP) is 3.17. The molecule has 1 fully saturated rings. The van der Waals surface area contributed by atoms with Crippen molar-refractivity contribution in [3.8, 4) is 11.4 Å². The van der Waals surface area contributed by atoms with E-state index < -0.39 is 11.9 Å². The van der Waals surface area contributed by atoms with Crippen molar-refractivity contribution in [2.45, 2.75) is 13.1 Å². The summed E-state index contributed by atoms with van der Waals surface area (Å²) in [6.07, 6.45) is -0.436. The van der Waals surface area contributed by atoms with Gasteiger partial charge in [0.15, 0.2) is 17.4 Å². The number of hydrogen-bond donors (Lipinski definition) is 0. The van der Waals surface area contributed by atoms with Gasteiger partial charge in [-0.25, -0.2) is 9.97 Å². The lowest BCUT2D eigenvalue weighted by atomic mass is 10.2. The number of hydrogen-bond acceptors (Lipinski definition) is 5. The summed E-state index contributed by atoms with van der Waals surface area (Å²) in [6, 6.07) is 1.68. The molecule has 3 rings (SSSR count). The van der Waals surface area contributed by atoms with Crippen LogP contribution in [0.3, 0.4) is 0 Å². The molecule has 0 aliphatic carbocycles. The first kappa shape index (κ1) is 15.3. The lowest BCUT2D eigenvalue weighted by Gasteiger charge is -2.20. The van der Waals surface area contributed by atoms with E-state index in [1.165, 1.54) is 11.1 Å². The first-order valence-electron chi connectivity index (χ1n) is 6.82. The van der Waals surface area contributed by atoms with E-state index in [9.17, 15) is 13.2 Å². The molecular formula is C15H13F3N4O. The second-order valence-corrected chi connectivity index (χ2v) is 5.07. The smallest absolute Gasteiger partial charge is 0.435 e. The van der Waals surface area contributed by atoms with Gasteiger partial charge in [0.05, 0.1) is 18.4 Å². The third-order valence-corrected chi connectivity index (χ3v) is 3.35. The Balaban J connectivity index is 2.11. The van der Waals surface area contributed by atoms with Gasteiger partial charge in [0.2, 0.25) is 0 Å². The third kappa shape index (κ3) is 2.96. The van der Waals surface area contributed by atoms with E-state index in [0.717, 1.165) is 11.8 Å². The van der Waals surface area contributed by atoms with Crippen molar-refractivity contribution in [1.82, 2.24) is 15.0 Å². The molecular weight excluding hydrogens is 309 g/mol. The Bertz CT molecular complexity index is 761. The standard InChI is InChI=1S/C15H13F3N4O/c1-9-5-11(7-19-6-9)14-20-8-12(13(21-14)15(16,17)18)22-3-4-23-10(22)2/h5-8H,2-4H2,1H3. The SMILES string of the molecule is C=C1OCCN1c1cnc(-c2cncc(C)c2)nc1C(F)(F)F. The summed E-state index contributed by atoms with van der Waals surface area (Å²) < 4.78 is 45.3. The number of ether oxygens (including phenoxy) is 1. The first-order valence-corrected chi connectivity index (χ1v) is 6.82. The molecule has 0 atom stereocenters. The molecule has 1 saturated heterocycles. The van der Waals surface area contributed by atoms with Crippen LogP contribution < -0.4 is 4.90 Å². The highest BCUT2D eigenvalue weighted by molar-refractivity contribution is 5.61. The minimum Gasteiger partial charge on any atom is -0.477 e. The van der Waals surface area contributed by atoms with E-state index in [0.29, 0.717) is 5.56 Å². The molecule has 1 aliphatic heterocycles. The predicted molar refractivity (Wildman–Crippen MR) is 77.4 cm³/mol. The Morgan fingerprint density at radius 3 is 2.65 bits per heavy atom. The van der Waals surface area contributed by atoms with Crippen LogP contribution in [0, 0.1) is 6.92 Å². The average Bonchev–Trinajstić information content (AvgIpc) is 2.92. The molecule has 0 saturated carbocycles. The molecule has 0 radical (unpaired) electrons. The molecule has 0 bridgehead atoms. The molecule has 2 aromatic rings. The Morgan fingerprint density at radius 2 is 2.04 bits per heavy atom. The number of halogens is 3. The van der Waals surface area contributed by atoms with Gasteiger partial charge in [-0.3, -0.25) is 4.98 Å². The van der Waals surface area contributed by atoms with Crippen molar-refractivity contribution in [2.75, 3.05) is 18.1 Å². The summed E-state index contributed by atoms with van der Waals surface area (Å²) in [5, 5.41) is 0. The van der Waals surface area contributed by atoms with Gasteiger partial charge in [-0.2, -0.15) is 13.2 Å². The minimum absolute atomic E-state index is 0.0250. The van der Waals surface area contributed by atoms with Crippen LogP contribution in [0.15, 0.2) is 37.1 Å². The number of nitrogens with zero attached hydrogens (tertiary/aromatic N) is 4. The third-order valence-electron chi connectivity index (χ3n) is 3.35. The molecule has 0 spiro atoms. The summed E-state index contributed by atoms with van der Waals surface area (Å²) in [7, 11) is 0. The molecule has 3 heterocycles. The van der Waals surface area contributed by atoms with Crippen LogP contribution in [0.1, 0.15) is 11.3 Å². The number of anilines is 1. The summed E-state index contributed by atoms with van der Waals surface area (Å²) in [5.74, 6) is 0.132. The van der Waals surface area contributed by atoms with E-state index in [-0.39, 0.29) is 30.5 Å². The Hall–Kier alpha value is -2.64.